The first-order valence-corrected chi connectivity index (χ1v) is 13.3. The van der Waals surface area contributed by atoms with Crippen LogP contribution in [0.3, 0.4) is 0 Å². The molecule has 0 spiro atoms. The van der Waals surface area contributed by atoms with E-state index in [0.717, 1.165) is 12.8 Å². The molecule has 0 fully saturated rings. The summed E-state index contributed by atoms with van der Waals surface area (Å²) in [4.78, 5) is 27.1. The van der Waals surface area contributed by atoms with Crippen molar-refractivity contribution in [1.29, 1.82) is 0 Å². The van der Waals surface area contributed by atoms with Crippen molar-refractivity contribution < 1.29 is 23.8 Å². The molecule has 0 aliphatic carbocycles. The molecule has 6 nitrogen and oxygen atoms in total. The van der Waals surface area contributed by atoms with Gasteiger partial charge in [0.05, 0.1) is 18.4 Å². The van der Waals surface area contributed by atoms with Gasteiger partial charge in [-0.05, 0) is 38.8 Å². The van der Waals surface area contributed by atoms with Crippen molar-refractivity contribution >= 4 is 25.6 Å². The second-order valence-electron chi connectivity index (χ2n) is 8.63. The van der Waals surface area contributed by atoms with Crippen molar-refractivity contribution in [2.24, 2.45) is 0 Å². The molecule has 0 bridgehead atoms. The summed E-state index contributed by atoms with van der Waals surface area (Å²) < 4.78 is 16.1. The maximum absolute atomic E-state index is 13.0. The maximum Gasteiger partial charge on any atom is 0.339 e. The van der Waals surface area contributed by atoms with Crippen LogP contribution in [0.1, 0.15) is 42.6 Å². The minimum absolute atomic E-state index is 0.140. The molecule has 1 heterocycles. The van der Waals surface area contributed by atoms with Gasteiger partial charge in [0.2, 0.25) is 0 Å². The summed E-state index contributed by atoms with van der Waals surface area (Å²) in [6.45, 7) is 11.1. The number of hydrogen-bond acceptors (Lipinski definition) is 5. The van der Waals surface area contributed by atoms with Crippen LogP contribution in [0.15, 0.2) is 12.1 Å². The molecule has 0 saturated heterocycles. The summed E-state index contributed by atoms with van der Waals surface area (Å²) in [6, 6.07) is 3.42. The third-order valence-electron chi connectivity index (χ3n) is 4.47. The number of esters is 1. The number of amides is 1. The van der Waals surface area contributed by atoms with E-state index in [9.17, 15) is 9.59 Å². The summed E-state index contributed by atoms with van der Waals surface area (Å²) in [5.41, 5.74) is 3.76. The van der Waals surface area contributed by atoms with Gasteiger partial charge in [-0.3, -0.25) is 4.79 Å². The molecule has 0 saturated carbocycles. The average Bonchev–Trinajstić information content (AvgIpc) is 2.64. The third kappa shape index (κ3) is 5.61. The van der Waals surface area contributed by atoms with E-state index in [0.29, 0.717) is 35.7 Å². The average molecular weight is 418 g/mol. The second-order valence-corrected chi connectivity index (χ2v) is 13.4. The first kappa shape index (κ1) is 23.0. The largest absolute Gasteiger partial charge is 0.476 e. The maximum atomic E-state index is 13.0. The molecule has 158 valence electrons. The van der Waals surface area contributed by atoms with Crippen molar-refractivity contribution in [1.82, 2.24) is 0 Å². The van der Waals surface area contributed by atoms with Crippen molar-refractivity contribution in [2.75, 3.05) is 32.3 Å². The smallest absolute Gasteiger partial charge is 0.339 e. The summed E-state index contributed by atoms with van der Waals surface area (Å²) in [6.07, 6.45) is 1.61. The first-order chi connectivity index (χ1) is 13.5. The predicted molar refractivity (Wildman–Crippen MR) is 116 cm³/mol. The van der Waals surface area contributed by atoms with Crippen LogP contribution in [0.5, 0.6) is 5.75 Å². The SMILES string of the molecule is COCCCCN1C(=O)C(C)(C)Oc2cc(C#C[Si](C)(C)C)c(C(=O)OC)cc21. The van der Waals surface area contributed by atoms with E-state index in [1.807, 2.05) is 0 Å². The zero-order valence-corrected chi connectivity index (χ0v) is 19.5. The number of unbranched alkanes of at least 4 members (excludes halogenated alkanes) is 1. The Kier molecular flexibility index (Phi) is 7.14. The highest BCUT2D eigenvalue weighted by atomic mass is 28.3. The van der Waals surface area contributed by atoms with E-state index >= 15 is 0 Å². The van der Waals surface area contributed by atoms with E-state index in [4.69, 9.17) is 14.2 Å². The van der Waals surface area contributed by atoms with E-state index in [2.05, 4.69) is 31.1 Å². The van der Waals surface area contributed by atoms with Gasteiger partial charge in [0.15, 0.2) is 5.60 Å². The quantitative estimate of drug-likeness (QED) is 0.306. The lowest BCUT2D eigenvalue weighted by atomic mass is 9.99. The first-order valence-electron chi connectivity index (χ1n) is 9.79. The lowest BCUT2D eigenvalue weighted by molar-refractivity contribution is -0.132. The molecule has 0 N–H and O–H groups in total. The van der Waals surface area contributed by atoms with Gasteiger partial charge in [-0.15, -0.1) is 5.54 Å². The van der Waals surface area contributed by atoms with Crippen molar-refractivity contribution in [3.63, 3.8) is 0 Å². The highest BCUT2D eigenvalue weighted by Gasteiger charge is 2.41. The Balaban J connectivity index is 2.56. The highest BCUT2D eigenvalue weighted by Crippen LogP contribution is 2.40. The number of carbonyl (C=O) groups excluding carboxylic acids is 2. The highest BCUT2D eigenvalue weighted by molar-refractivity contribution is 6.83. The molecule has 1 aliphatic heterocycles. The molecule has 2 rings (SSSR count). The van der Waals surface area contributed by atoms with E-state index in [1.165, 1.54) is 7.11 Å². The predicted octanol–water partition coefficient (Wildman–Crippen LogP) is 3.63. The van der Waals surface area contributed by atoms with E-state index in [-0.39, 0.29) is 5.91 Å². The molecule has 0 unspecified atom stereocenters. The number of methoxy groups -OCH3 is 2. The number of fused-ring (bicyclic) bond motifs is 1. The number of rotatable bonds is 6. The van der Waals surface area contributed by atoms with E-state index < -0.39 is 19.6 Å². The lowest BCUT2D eigenvalue weighted by Gasteiger charge is -2.39. The van der Waals surface area contributed by atoms with Gasteiger partial charge < -0.3 is 19.1 Å². The van der Waals surface area contributed by atoms with Gasteiger partial charge in [-0.2, -0.15) is 0 Å². The van der Waals surface area contributed by atoms with Crippen LogP contribution in [0.25, 0.3) is 0 Å². The van der Waals surface area contributed by atoms with Gasteiger partial charge in [-0.1, -0.05) is 25.6 Å². The number of nitrogens with zero attached hydrogens (tertiary/aromatic N) is 1. The molecule has 29 heavy (non-hydrogen) atoms. The van der Waals surface area contributed by atoms with Crippen LogP contribution in [0.4, 0.5) is 5.69 Å². The lowest BCUT2D eigenvalue weighted by Crippen LogP contribution is -2.52. The number of anilines is 1. The minimum atomic E-state index is -1.65. The van der Waals surface area contributed by atoms with Crippen LogP contribution >= 0.6 is 0 Å². The topological polar surface area (TPSA) is 65.1 Å². The fourth-order valence-corrected chi connectivity index (χ4v) is 3.50. The van der Waals surface area contributed by atoms with Crippen molar-refractivity contribution in [2.45, 2.75) is 51.9 Å². The molecule has 0 radical (unpaired) electrons. The van der Waals surface area contributed by atoms with Crippen molar-refractivity contribution in [3.8, 4) is 17.2 Å². The standard InChI is InChI=1S/C22H31NO5Si/c1-22(2)21(25)23(11-8-9-12-26-3)18-15-17(20(24)27-4)16(14-19(18)28-22)10-13-29(5,6)7/h14-15H,8-9,11-12H2,1-7H3. The Hall–Kier alpha value is -2.30. The number of hydrogen-bond donors (Lipinski definition) is 0. The fraction of sp³-hybridized carbons (Fsp3) is 0.545. The van der Waals surface area contributed by atoms with Crippen LogP contribution < -0.4 is 9.64 Å². The number of benzene rings is 1. The van der Waals surface area contributed by atoms with Gasteiger partial charge in [-0.25, -0.2) is 4.79 Å². The molecule has 0 atom stereocenters. The Morgan fingerprint density at radius 2 is 1.90 bits per heavy atom. The Labute approximate surface area is 174 Å². The molecule has 1 aromatic rings. The molecular formula is C22H31NO5Si. The Morgan fingerprint density at radius 1 is 1.21 bits per heavy atom. The zero-order valence-electron chi connectivity index (χ0n) is 18.5. The Morgan fingerprint density at radius 3 is 2.48 bits per heavy atom. The normalized spacial score (nSPS) is 15.1. The fourth-order valence-electron chi connectivity index (χ4n) is 2.99. The summed E-state index contributed by atoms with van der Waals surface area (Å²) in [5, 5.41) is 0. The molecule has 1 aromatic carbocycles. The molecular weight excluding hydrogens is 386 g/mol. The van der Waals surface area contributed by atoms with Gasteiger partial charge >= 0.3 is 5.97 Å². The molecule has 1 amide bonds. The molecule has 0 aromatic heterocycles. The van der Waals surface area contributed by atoms with Gasteiger partial charge in [0.25, 0.3) is 5.91 Å². The van der Waals surface area contributed by atoms with Crippen LogP contribution in [-0.4, -0.2) is 52.9 Å². The zero-order chi connectivity index (χ0) is 21.8. The van der Waals surface area contributed by atoms with E-state index in [1.54, 1.807) is 38.0 Å². The monoisotopic (exact) mass is 417 g/mol. The van der Waals surface area contributed by atoms with Crippen LogP contribution in [-0.2, 0) is 14.3 Å². The van der Waals surface area contributed by atoms with Gasteiger partial charge in [0.1, 0.15) is 13.8 Å². The van der Waals surface area contributed by atoms with Crippen LogP contribution in [0.2, 0.25) is 19.6 Å². The van der Waals surface area contributed by atoms with Crippen molar-refractivity contribution in [3.05, 3.63) is 23.3 Å². The Bertz CT molecular complexity index is 845. The summed E-state index contributed by atoms with van der Waals surface area (Å²) in [5.74, 6) is 3.07. The minimum Gasteiger partial charge on any atom is -0.476 e. The molecule has 1 aliphatic rings. The summed E-state index contributed by atoms with van der Waals surface area (Å²) >= 11 is 0. The second kappa shape index (κ2) is 9.01. The summed E-state index contributed by atoms with van der Waals surface area (Å²) in [7, 11) is 1.34. The van der Waals surface area contributed by atoms with Gasteiger partial charge in [0, 0.05) is 25.8 Å². The third-order valence-corrected chi connectivity index (χ3v) is 5.35. The van der Waals surface area contributed by atoms with Crippen LogP contribution in [0, 0.1) is 11.5 Å². The number of carbonyl (C=O) groups is 2. The number of ether oxygens (including phenoxy) is 3. The molecule has 7 heteroatoms.